The number of hydrogen-bond donors (Lipinski definition) is 4. The van der Waals surface area contributed by atoms with Crippen molar-refractivity contribution in [2.24, 2.45) is 0 Å². The van der Waals surface area contributed by atoms with E-state index in [1.165, 1.54) is 0 Å². The van der Waals surface area contributed by atoms with Gasteiger partial charge in [-0.25, -0.2) is 0 Å². The van der Waals surface area contributed by atoms with E-state index in [2.05, 4.69) is 6.58 Å². The number of rotatable bonds is 4. The molecular formula is C10H18O5. The van der Waals surface area contributed by atoms with Crippen molar-refractivity contribution in [3.8, 4) is 0 Å². The van der Waals surface area contributed by atoms with Gasteiger partial charge in [-0.1, -0.05) is 6.08 Å². The highest BCUT2D eigenvalue weighted by Crippen LogP contribution is 2.23. The van der Waals surface area contributed by atoms with Gasteiger partial charge in [0.25, 0.3) is 0 Å². The van der Waals surface area contributed by atoms with Crippen LogP contribution in [0.4, 0.5) is 0 Å². The first-order chi connectivity index (χ1) is 7.11. The van der Waals surface area contributed by atoms with Crippen LogP contribution in [0.2, 0.25) is 0 Å². The van der Waals surface area contributed by atoms with Crippen molar-refractivity contribution < 1.29 is 25.2 Å². The SMILES string of the molecule is C=CCC[C@H]1OC(CO)[C@H](O)C(O)C1O. The summed E-state index contributed by atoms with van der Waals surface area (Å²) in [4.78, 5) is 0. The van der Waals surface area contributed by atoms with Crippen LogP contribution in [0.5, 0.6) is 0 Å². The molecule has 88 valence electrons. The Kier molecular flexibility index (Phi) is 4.69. The Morgan fingerprint density at radius 2 is 1.67 bits per heavy atom. The maximum Gasteiger partial charge on any atom is 0.111 e. The van der Waals surface area contributed by atoms with Crippen LogP contribution in [0.25, 0.3) is 0 Å². The van der Waals surface area contributed by atoms with E-state index >= 15 is 0 Å². The maximum atomic E-state index is 9.60. The molecule has 1 aliphatic heterocycles. The van der Waals surface area contributed by atoms with Gasteiger partial charge < -0.3 is 25.2 Å². The van der Waals surface area contributed by atoms with E-state index in [9.17, 15) is 15.3 Å². The fourth-order valence-electron chi connectivity index (χ4n) is 1.70. The van der Waals surface area contributed by atoms with Gasteiger partial charge in [0.1, 0.15) is 24.4 Å². The molecule has 0 aromatic rings. The van der Waals surface area contributed by atoms with Gasteiger partial charge in [-0.3, -0.25) is 0 Å². The highest BCUT2D eigenvalue weighted by atomic mass is 16.5. The number of aliphatic hydroxyl groups is 4. The summed E-state index contributed by atoms with van der Waals surface area (Å²) in [6, 6.07) is 0. The Balaban J connectivity index is 2.60. The summed E-state index contributed by atoms with van der Waals surface area (Å²) in [5.41, 5.74) is 0. The molecule has 5 nitrogen and oxygen atoms in total. The van der Waals surface area contributed by atoms with E-state index in [0.717, 1.165) is 0 Å². The van der Waals surface area contributed by atoms with Crippen molar-refractivity contribution in [2.75, 3.05) is 6.61 Å². The largest absolute Gasteiger partial charge is 0.394 e. The van der Waals surface area contributed by atoms with Crippen molar-refractivity contribution in [3.05, 3.63) is 12.7 Å². The monoisotopic (exact) mass is 218 g/mol. The molecule has 0 aromatic carbocycles. The number of hydrogen-bond acceptors (Lipinski definition) is 5. The van der Waals surface area contributed by atoms with Crippen molar-refractivity contribution in [1.82, 2.24) is 0 Å². The summed E-state index contributed by atoms with van der Waals surface area (Å²) in [6.45, 7) is 3.17. The zero-order valence-electron chi connectivity index (χ0n) is 8.49. The summed E-state index contributed by atoms with van der Waals surface area (Å²) < 4.78 is 5.27. The molecule has 0 aromatic heterocycles. The molecule has 5 atom stereocenters. The summed E-state index contributed by atoms with van der Waals surface area (Å²) >= 11 is 0. The average molecular weight is 218 g/mol. The van der Waals surface area contributed by atoms with E-state index in [1.54, 1.807) is 6.08 Å². The van der Waals surface area contributed by atoms with E-state index in [-0.39, 0.29) is 6.61 Å². The summed E-state index contributed by atoms with van der Waals surface area (Å²) in [5.74, 6) is 0. The van der Waals surface area contributed by atoms with Crippen LogP contribution in [0, 0.1) is 0 Å². The minimum absolute atomic E-state index is 0.379. The third-order valence-corrected chi connectivity index (χ3v) is 2.65. The molecule has 1 aliphatic rings. The standard InChI is InChI=1S/C10H18O5/c1-2-3-4-6-8(12)10(14)9(13)7(5-11)15-6/h2,6-14H,1,3-5H2/t6-,7?,8?,9+,10?/m1/s1. The Hall–Kier alpha value is -0.460. The van der Waals surface area contributed by atoms with Gasteiger partial charge in [0, 0.05) is 0 Å². The molecule has 0 spiro atoms. The molecule has 15 heavy (non-hydrogen) atoms. The van der Waals surface area contributed by atoms with Gasteiger partial charge in [-0.2, -0.15) is 0 Å². The normalized spacial score (nSPS) is 41.5. The molecule has 1 rings (SSSR count). The van der Waals surface area contributed by atoms with Crippen LogP contribution in [0.15, 0.2) is 12.7 Å². The second-order valence-corrected chi connectivity index (χ2v) is 3.73. The van der Waals surface area contributed by atoms with Crippen molar-refractivity contribution in [1.29, 1.82) is 0 Å². The quantitative estimate of drug-likeness (QED) is 0.445. The molecule has 1 heterocycles. The van der Waals surface area contributed by atoms with Crippen LogP contribution in [-0.4, -0.2) is 57.6 Å². The van der Waals surface area contributed by atoms with Crippen LogP contribution < -0.4 is 0 Å². The van der Waals surface area contributed by atoms with Crippen molar-refractivity contribution in [3.63, 3.8) is 0 Å². The fraction of sp³-hybridized carbons (Fsp3) is 0.800. The Morgan fingerprint density at radius 1 is 1.07 bits per heavy atom. The first-order valence-corrected chi connectivity index (χ1v) is 5.03. The highest BCUT2D eigenvalue weighted by Gasteiger charge is 2.42. The zero-order chi connectivity index (χ0) is 11.4. The van der Waals surface area contributed by atoms with Gasteiger partial charge in [0.05, 0.1) is 12.7 Å². The van der Waals surface area contributed by atoms with Crippen LogP contribution in [-0.2, 0) is 4.74 Å². The lowest BCUT2D eigenvalue weighted by Crippen LogP contribution is -2.58. The Labute approximate surface area is 88.6 Å². The minimum Gasteiger partial charge on any atom is -0.394 e. The number of ether oxygens (including phenoxy) is 1. The van der Waals surface area contributed by atoms with Crippen LogP contribution in [0.1, 0.15) is 12.8 Å². The molecule has 1 saturated heterocycles. The van der Waals surface area contributed by atoms with E-state index in [4.69, 9.17) is 9.84 Å². The molecule has 0 aliphatic carbocycles. The molecule has 0 saturated carbocycles. The second-order valence-electron chi connectivity index (χ2n) is 3.73. The predicted molar refractivity (Wildman–Crippen MR) is 53.2 cm³/mol. The number of aliphatic hydroxyl groups excluding tert-OH is 4. The molecule has 0 radical (unpaired) electrons. The topological polar surface area (TPSA) is 90.2 Å². The lowest BCUT2D eigenvalue weighted by atomic mass is 9.93. The number of allylic oxidation sites excluding steroid dienone is 1. The van der Waals surface area contributed by atoms with Gasteiger partial charge >= 0.3 is 0 Å². The van der Waals surface area contributed by atoms with Crippen molar-refractivity contribution >= 4 is 0 Å². The fourth-order valence-corrected chi connectivity index (χ4v) is 1.70. The van der Waals surface area contributed by atoms with E-state index < -0.39 is 30.5 Å². The predicted octanol–water partition coefficient (Wildman–Crippen LogP) is -1.21. The Bertz CT molecular complexity index is 206. The van der Waals surface area contributed by atoms with Crippen LogP contribution >= 0.6 is 0 Å². The van der Waals surface area contributed by atoms with Gasteiger partial charge in [-0.05, 0) is 12.8 Å². The molecule has 0 bridgehead atoms. The molecule has 0 amide bonds. The van der Waals surface area contributed by atoms with E-state index in [0.29, 0.717) is 12.8 Å². The van der Waals surface area contributed by atoms with Gasteiger partial charge in [0.2, 0.25) is 0 Å². The van der Waals surface area contributed by atoms with Gasteiger partial charge in [-0.15, -0.1) is 6.58 Å². The lowest BCUT2D eigenvalue weighted by Gasteiger charge is -2.40. The average Bonchev–Trinajstić information content (AvgIpc) is 2.25. The molecular weight excluding hydrogens is 200 g/mol. The molecule has 5 heteroatoms. The summed E-state index contributed by atoms with van der Waals surface area (Å²) in [7, 11) is 0. The third kappa shape index (κ3) is 2.76. The van der Waals surface area contributed by atoms with E-state index in [1.807, 2.05) is 0 Å². The smallest absolute Gasteiger partial charge is 0.111 e. The summed E-state index contributed by atoms with van der Waals surface area (Å²) in [5, 5.41) is 37.4. The Morgan fingerprint density at radius 3 is 2.20 bits per heavy atom. The molecule has 4 N–H and O–H groups in total. The summed E-state index contributed by atoms with van der Waals surface area (Å²) in [6.07, 6.45) is -2.22. The van der Waals surface area contributed by atoms with Crippen LogP contribution in [0.3, 0.4) is 0 Å². The highest BCUT2D eigenvalue weighted by molar-refractivity contribution is 4.92. The molecule has 3 unspecified atom stereocenters. The van der Waals surface area contributed by atoms with Gasteiger partial charge in [0.15, 0.2) is 0 Å². The third-order valence-electron chi connectivity index (χ3n) is 2.65. The molecule has 1 fully saturated rings. The first-order valence-electron chi connectivity index (χ1n) is 5.03. The minimum atomic E-state index is -1.27. The first kappa shape index (κ1) is 12.6. The second kappa shape index (κ2) is 5.58. The maximum absolute atomic E-state index is 9.60. The lowest BCUT2D eigenvalue weighted by molar-refractivity contribution is -0.230. The zero-order valence-corrected chi connectivity index (χ0v) is 8.49. The van der Waals surface area contributed by atoms with Crippen molar-refractivity contribution in [2.45, 2.75) is 43.4 Å².